The van der Waals surface area contributed by atoms with Gasteiger partial charge in [0.1, 0.15) is 18.3 Å². The van der Waals surface area contributed by atoms with E-state index >= 15 is 0 Å². The number of phenols is 1. The minimum atomic E-state index is -1.36. The molecule has 110 valence electrons. The normalized spacial score (nSPS) is 13.5. The van der Waals surface area contributed by atoms with E-state index in [1.54, 1.807) is 0 Å². The number of aliphatic hydroxyl groups excluding tert-OH is 1. The Balaban J connectivity index is 2.53. The van der Waals surface area contributed by atoms with E-state index in [9.17, 15) is 14.7 Å². The molecule has 7 nitrogen and oxygen atoms in total. The molecule has 1 aromatic rings. The van der Waals surface area contributed by atoms with Crippen molar-refractivity contribution in [2.24, 2.45) is 0 Å². The lowest BCUT2D eigenvalue weighted by atomic mass is 10.2. The number of quaternary nitrogens is 1. The number of rotatable bonds is 7. The van der Waals surface area contributed by atoms with E-state index < -0.39 is 24.0 Å². The number of hydrogen-bond acceptors (Lipinski definition) is 5. The number of aromatic hydroxyl groups is 1. The number of nitrogens with two attached hydrogens (primary N) is 1. The second-order valence-electron chi connectivity index (χ2n) is 4.55. The summed E-state index contributed by atoms with van der Waals surface area (Å²) in [6.45, 7) is 1.70. The van der Waals surface area contributed by atoms with Crippen LogP contribution in [0.25, 0.3) is 0 Å². The number of anilines is 1. The summed E-state index contributed by atoms with van der Waals surface area (Å²) in [5.74, 6) is -1.76. The maximum absolute atomic E-state index is 11.7. The molecule has 0 heterocycles. The van der Waals surface area contributed by atoms with Crippen LogP contribution in [-0.4, -0.2) is 40.8 Å². The number of carboxylic acids is 1. The molecule has 0 spiro atoms. The molecule has 0 unspecified atom stereocenters. The molecule has 20 heavy (non-hydrogen) atoms. The van der Waals surface area contributed by atoms with Crippen LogP contribution in [0.1, 0.15) is 13.3 Å². The highest BCUT2D eigenvalue weighted by Gasteiger charge is 2.19. The van der Waals surface area contributed by atoms with Crippen molar-refractivity contribution in [2.75, 3.05) is 11.9 Å². The van der Waals surface area contributed by atoms with Gasteiger partial charge in [0.2, 0.25) is 5.91 Å². The Morgan fingerprint density at radius 1 is 1.35 bits per heavy atom. The summed E-state index contributed by atoms with van der Waals surface area (Å²) in [5, 5.41) is 33.0. The summed E-state index contributed by atoms with van der Waals surface area (Å²) in [7, 11) is 0. The van der Waals surface area contributed by atoms with E-state index in [-0.39, 0.29) is 18.7 Å². The minimum Gasteiger partial charge on any atom is -0.544 e. The number of carbonyl (C=O) groups is 2. The van der Waals surface area contributed by atoms with Gasteiger partial charge in [-0.15, -0.1) is 0 Å². The van der Waals surface area contributed by atoms with Crippen molar-refractivity contribution < 1.29 is 30.2 Å². The zero-order chi connectivity index (χ0) is 15.1. The van der Waals surface area contributed by atoms with E-state index in [1.807, 2.05) is 0 Å². The first-order valence-electron chi connectivity index (χ1n) is 6.19. The number of benzene rings is 1. The molecule has 0 aliphatic heterocycles. The maximum atomic E-state index is 11.7. The summed E-state index contributed by atoms with van der Waals surface area (Å²) in [4.78, 5) is 22.6. The highest BCUT2D eigenvalue weighted by Crippen LogP contribution is 2.13. The summed E-state index contributed by atoms with van der Waals surface area (Å²) >= 11 is 0. The maximum Gasteiger partial charge on any atom is 0.230 e. The van der Waals surface area contributed by atoms with Gasteiger partial charge in [-0.05, 0) is 31.2 Å². The molecule has 1 amide bonds. The fourth-order valence-corrected chi connectivity index (χ4v) is 1.58. The largest absolute Gasteiger partial charge is 0.544 e. The molecule has 0 aromatic heterocycles. The van der Waals surface area contributed by atoms with Crippen LogP contribution in [0.5, 0.6) is 5.75 Å². The second-order valence-corrected chi connectivity index (χ2v) is 4.55. The monoisotopic (exact) mass is 282 g/mol. The Morgan fingerprint density at radius 2 is 1.95 bits per heavy atom. The highest BCUT2D eigenvalue weighted by atomic mass is 16.4. The lowest BCUT2D eigenvalue weighted by Gasteiger charge is -2.17. The van der Waals surface area contributed by atoms with E-state index in [2.05, 4.69) is 5.32 Å². The quantitative estimate of drug-likeness (QED) is 0.422. The SMILES string of the molecule is C[C@@H](O)C[NH2+][C@@H](CC(=O)Nc1ccc(O)cc1)C(=O)[O-]. The van der Waals surface area contributed by atoms with Crippen LogP contribution >= 0.6 is 0 Å². The van der Waals surface area contributed by atoms with Gasteiger partial charge in [-0.3, -0.25) is 4.79 Å². The molecule has 0 saturated carbocycles. The fourth-order valence-electron chi connectivity index (χ4n) is 1.58. The lowest BCUT2D eigenvalue weighted by Crippen LogP contribution is -2.94. The number of aliphatic carboxylic acids is 1. The van der Waals surface area contributed by atoms with E-state index in [1.165, 1.54) is 36.5 Å². The van der Waals surface area contributed by atoms with Crippen LogP contribution in [-0.2, 0) is 9.59 Å². The molecule has 7 heteroatoms. The fraction of sp³-hybridized carbons (Fsp3) is 0.385. The van der Waals surface area contributed by atoms with Crippen molar-refractivity contribution in [1.82, 2.24) is 0 Å². The molecule has 0 aliphatic rings. The van der Waals surface area contributed by atoms with Crippen LogP contribution in [0.3, 0.4) is 0 Å². The van der Waals surface area contributed by atoms with Gasteiger partial charge in [0.25, 0.3) is 0 Å². The third-order valence-electron chi connectivity index (χ3n) is 2.62. The molecule has 0 saturated heterocycles. The number of hydrogen-bond donors (Lipinski definition) is 4. The molecule has 5 N–H and O–H groups in total. The first-order chi connectivity index (χ1) is 9.38. The van der Waals surface area contributed by atoms with Crippen molar-refractivity contribution in [3.63, 3.8) is 0 Å². The van der Waals surface area contributed by atoms with Crippen molar-refractivity contribution in [3.05, 3.63) is 24.3 Å². The Labute approximate surface area is 116 Å². The zero-order valence-corrected chi connectivity index (χ0v) is 11.1. The Kier molecular flexibility index (Phi) is 5.95. The molecule has 0 radical (unpaired) electrons. The number of amides is 1. The van der Waals surface area contributed by atoms with E-state index in [0.717, 1.165) is 0 Å². The Bertz CT molecular complexity index is 458. The molecule has 0 fully saturated rings. The van der Waals surface area contributed by atoms with Crippen molar-refractivity contribution in [2.45, 2.75) is 25.5 Å². The molecule has 1 rings (SSSR count). The third kappa shape index (κ3) is 5.68. The first-order valence-corrected chi connectivity index (χ1v) is 6.19. The van der Waals surface area contributed by atoms with Gasteiger partial charge >= 0.3 is 0 Å². The van der Waals surface area contributed by atoms with Gasteiger partial charge in [0.05, 0.1) is 18.5 Å². The standard InChI is InChI=1S/C13H18N2O5/c1-8(16)7-14-11(13(19)20)6-12(18)15-9-2-4-10(17)5-3-9/h2-5,8,11,14,16-17H,6-7H2,1H3,(H,15,18)(H,19,20)/t8-,11+/m1/s1. The van der Waals surface area contributed by atoms with Gasteiger partial charge in [0.15, 0.2) is 0 Å². The second kappa shape index (κ2) is 7.46. The van der Waals surface area contributed by atoms with Crippen LogP contribution < -0.4 is 15.7 Å². The number of carbonyl (C=O) groups excluding carboxylic acids is 2. The van der Waals surface area contributed by atoms with E-state index in [4.69, 9.17) is 10.2 Å². The van der Waals surface area contributed by atoms with Crippen LogP contribution in [0.15, 0.2) is 24.3 Å². The lowest BCUT2D eigenvalue weighted by molar-refractivity contribution is -0.687. The zero-order valence-electron chi connectivity index (χ0n) is 11.1. The average Bonchev–Trinajstić information content (AvgIpc) is 2.36. The molecular formula is C13H18N2O5. The Morgan fingerprint density at radius 3 is 2.45 bits per heavy atom. The van der Waals surface area contributed by atoms with Gasteiger partial charge in [-0.1, -0.05) is 0 Å². The number of carboxylic acid groups (broad SMARTS) is 1. The van der Waals surface area contributed by atoms with Crippen molar-refractivity contribution in [3.8, 4) is 5.75 Å². The van der Waals surface area contributed by atoms with Crippen LogP contribution in [0.4, 0.5) is 5.69 Å². The van der Waals surface area contributed by atoms with Gasteiger partial charge in [-0.25, -0.2) is 0 Å². The van der Waals surface area contributed by atoms with E-state index in [0.29, 0.717) is 5.69 Å². The molecular weight excluding hydrogens is 264 g/mol. The van der Waals surface area contributed by atoms with Gasteiger partial charge < -0.3 is 30.7 Å². The number of phenolic OH excluding ortho intramolecular Hbond substituents is 1. The summed E-state index contributed by atoms with van der Waals surface area (Å²) in [6.07, 6.45) is -0.937. The molecule has 1 aromatic carbocycles. The van der Waals surface area contributed by atoms with Crippen LogP contribution in [0.2, 0.25) is 0 Å². The van der Waals surface area contributed by atoms with Gasteiger partial charge in [0, 0.05) is 5.69 Å². The smallest absolute Gasteiger partial charge is 0.230 e. The average molecular weight is 282 g/mol. The number of aliphatic hydroxyl groups is 1. The third-order valence-corrected chi connectivity index (χ3v) is 2.62. The van der Waals surface area contributed by atoms with Crippen molar-refractivity contribution >= 4 is 17.6 Å². The molecule has 2 atom stereocenters. The summed E-state index contributed by atoms with van der Waals surface area (Å²) in [6, 6.07) is 4.76. The van der Waals surface area contributed by atoms with Crippen LogP contribution in [0, 0.1) is 0 Å². The number of nitrogens with one attached hydrogen (secondary N) is 1. The predicted molar refractivity (Wildman–Crippen MR) is 68.6 cm³/mol. The summed E-state index contributed by atoms with van der Waals surface area (Å²) < 4.78 is 0. The first kappa shape index (κ1) is 15.9. The highest BCUT2D eigenvalue weighted by molar-refractivity contribution is 5.93. The Hall–Kier alpha value is -2.12. The topological polar surface area (TPSA) is 126 Å². The minimum absolute atomic E-state index is 0.0703. The van der Waals surface area contributed by atoms with Gasteiger partial charge in [-0.2, -0.15) is 0 Å². The predicted octanol–water partition coefficient (Wildman–Crippen LogP) is -2.22. The summed E-state index contributed by atoms with van der Waals surface area (Å²) in [5.41, 5.74) is 0.459. The van der Waals surface area contributed by atoms with Crippen molar-refractivity contribution in [1.29, 1.82) is 0 Å². The molecule has 0 bridgehead atoms. The molecule has 0 aliphatic carbocycles.